The molecule has 4 nitrogen and oxygen atoms in total. The molecule has 2 rings (SSSR count). The summed E-state index contributed by atoms with van der Waals surface area (Å²) in [7, 11) is 1.58. The van der Waals surface area contributed by atoms with E-state index in [-0.39, 0.29) is 0 Å². The van der Waals surface area contributed by atoms with Crippen molar-refractivity contribution >= 4 is 0 Å². The molecule has 15 heavy (non-hydrogen) atoms. The smallest absolute Gasteiger partial charge is 0.187 e. The van der Waals surface area contributed by atoms with Gasteiger partial charge in [0.05, 0.1) is 37.5 Å². The van der Waals surface area contributed by atoms with Gasteiger partial charge in [0.2, 0.25) is 0 Å². The Hall–Kier alpha value is -1.57. The van der Waals surface area contributed by atoms with Crippen molar-refractivity contribution in [3.63, 3.8) is 0 Å². The molecule has 0 aliphatic carbocycles. The number of nitriles is 1. The molecule has 0 aromatic heterocycles. The van der Waals surface area contributed by atoms with Crippen LogP contribution in [0.4, 0.5) is 0 Å². The van der Waals surface area contributed by atoms with Crippen molar-refractivity contribution in [2.24, 2.45) is 0 Å². The van der Waals surface area contributed by atoms with Gasteiger partial charge in [0.15, 0.2) is 6.29 Å². The number of benzene rings is 1. The maximum absolute atomic E-state index is 8.80. The summed E-state index contributed by atoms with van der Waals surface area (Å²) in [5.74, 6) is 0.681. The summed E-state index contributed by atoms with van der Waals surface area (Å²) in [6.45, 7) is 1.15. The maximum Gasteiger partial charge on any atom is 0.187 e. The summed E-state index contributed by atoms with van der Waals surface area (Å²) in [5.41, 5.74) is 1.35. The zero-order valence-electron chi connectivity index (χ0n) is 8.40. The Balaban J connectivity index is 2.37. The average molecular weight is 205 g/mol. The first-order valence-corrected chi connectivity index (χ1v) is 4.66. The van der Waals surface area contributed by atoms with E-state index in [2.05, 4.69) is 6.07 Å². The van der Waals surface area contributed by atoms with Gasteiger partial charge < -0.3 is 14.2 Å². The molecule has 1 saturated heterocycles. The Morgan fingerprint density at radius 1 is 1.40 bits per heavy atom. The monoisotopic (exact) mass is 205 g/mol. The SMILES string of the molecule is COc1ccc(C#N)cc1C1OCCO1. The lowest BCUT2D eigenvalue weighted by atomic mass is 10.1. The quantitative estimate of drug-likeness (QED) is 0.736. The van der Waals surface area contributed by atoms with E-state index >= 15 is 0 Å². The van der Waals surface area contributed by atoms with Crippen LogP contribution in [0.1, 0.15) is 17.4 Å². The van der Waals surface area contributed by atoms with Gasteiger partial charge in [-0.25, -0.2) is 0 Å². The Kier molecular flexibility index (Phi) is 2.86. The average Bonchev–Trinajstić information content (AvgIpc) is 2.81. The molecule has 0 bridgehead atoms. The van der Waals surface area contributed by atoms with E-state index in [9.17, 15) is 0 Å². The van der Waals surface area contributed by atoms with Gasteiger partial charge in [-0.05, 0) is 18.2 Å². The van der Waals surface area contributed by atoms with Gasteiger partial charge in [-0.3, -0.25) is 0 Å². The van der Waals surface area contributed by atoms with Gasteiger partial charge in [-0.1, -0.05) is 0 Å². The van der Waals surface area contributed by atoms with Crippen LogP contribution in [-0.4, -0.2) is 20.3 Å². The van der Waals surface area contributed by atoms with E-state index in [1.165, 1.54) is 0 Å². The summed E-state index contributed by atoms with van der Waals surface area (Å²) in [6, 6.07) is 7.26. The van der Waals surface area contributed by atoms with Crippen LogP contribution in [0.15, 0.2) is 18.2 Å². The maximum atomic E-state index is 8.80. The second-order valence-corrected chi connectivity index (χ2v) is 3.14. The summed E-state index contributed by atoms with van der Waals surface area (Å²) in [4.78, 5) is 0. The third-order valence-corrected chi connectivity index (χ3v) is 2.23. The molecular formula is C11H11NO3. The minimum absolute atomic E-state index is 0.409. The van der Waals surface area contributed by atoms with E-state index in [1.54, 1.807) is 25.3 Å². The zero-order valence-corrected chi connectivity index (χ0v) is 8.40. The molecule has 1 fully saturated rings. The van der Waals surface area contributed by atoms with Crippen molar-refractivity contribution in [3.05, 3.63) is 29.3 Å². The molecule has 1 aliphatic heterocycles. The predicted molar refractivity (Wildman–Crippen MR) is 52.4 cm³/mol. The fourth-order valence-electron chi connectivity index (χ4n) is 1.53. The fourth-order valence-corrected chi connectivity index (χ4v) is 1.53. The Bertz CT molecular complexity index is 391. The van der Waals surface area contributed by atoms with Crippen LogP contribution in [0.25, 0.3) is 0 Å². The fraction of sp³-hybridized carbons (Fsp3) is 0.364. The van der Waals surface area contributed by atoms with Crippen molar-refractivity contribution < 1.29 is 14.2 Å². The largest absolute Gasteiger partial charge is 0.496 e. The number of rotatable bonds is 2. The van der Waals surface area contributed by atoms with E-state index in [1.807, 2.05) is 0 Å². The lowest BCUT2D eigenvalue weighted by molar-refractivity contribution is -0.0454. The van der Waals surface area contributed by atoms with Gasteiger partial charge in [0.1, 0.15) is 5.75 Å². The molecule has 0 amide bonds. The highest BCUT2D eigenvalue weighted by atomic mass is 16.7. The number of hydrogen-bond donors (Lipinski definition) is 0. The number of nitrogens with zero attached hydrogens (tertiary/aromatic N) is 1. The van der Waals surface area contributed by atoms with Gasteiger partial charge in [-0.15, -0.1) is 0 Å². The lowest BCUT2D eigenvalue weighted by Gasteiger charge is -2.13. The zero-order chi connectivity index (χ0) is 10.7. The Morgan fingerprint density at radius 2 is 2.13 bits per heavy atom. The van der Waals surface area contributed by atoms with E-state index in [0.29, 0.717) is 24.5 Å². The van der Waals surface area contributed by atoms with Crippen LogP contribution >= 0.6 is 0 Å². The lowest BCUT2D eigenvalue weighted by Crippen LogP contribution is -2.01. The highest BCUT2D eigenvalue weighted by molar-refractivity contribution is 5.42. The second kappa shape index (κ2) is 4.30. The Labute approximate surface area is 88.0 Å². The van der Waals surface area contributed by atoms with Crippen molar-refractivity contribution in [3.8, 4) is 11.8 Å². The minimum atomic E-state index is -0.409. The first-order chi connectivity index (χ1) is 7.35. The number of hydrogen-bond acceptors (Lipinski definition) is 4. The summed E-state index contributed by atoms with van der Waals surface area (Å²) < 4.78 is 15.9. The number of methoxy groups -OCH3 is 1. The molecule has 78 valence electrons. The molecule has 1 aromatic rings. The van der Waals surface area contributed by atoms with Crippen molar-refractivity contribution in [1.29, 1.82) is 5.26 Å². The molecule has 4 heteroatoms. The summed E-state index contributed by atoms with van der Waals surface area (Å²) in [6.07, 6.45) is -0.409. The molecule has 0 saturated carbocycles. The number of ether oxygens (including phenoxy) is 3. The minimum Gasteiger partial charge on any atom is -0.496 e. The van der Waals surface area contributed by atoms with E-state index < -0.39 is 6.29 Å². The molecule has 0 unspecified atom stereocenters. The summed E-state index contributed by atoms with van der Waals surface area (Å²) >= 11 is 0. The van der Waals surface area contributed by atoms with Gasteiger partial charge in [0, 0.05) is 0 Å². The highest BCUT2D eigenvalue weighted by Crippen LogP contribution is 2.31. The Morgan fingerprint density at radius 3 is 2.73 bits per heavy atom. The third kappa shape index (κ3) is 1.94. The third-order valence-electron chi connectivity index (χ3n) is 2.23. The molecule has 0 radical (unpaired) electrons. The van der Waals surface area contributed by atoms with Crippen LogP contribution in [0.5, 0.6) is 5.75 Å². The normalized spacial score (nSPS) is 16.3. The summed E-state index contributed by atoms with van der Waals surface area (Å²) in [5, 5.41) is 8.80. The van der Waals surface area contributed by atoms with E-state index in [4.69, 9.17) is 19.5 Å². The van der Waals surface area contributed by atoms with Crippen molar-refractivity contribution in [2.45, 2.75) is 6.29 Å². The van der Waals surface area contributed by atoms with Crippen LogP contribution in [0, 0.1) is 11.3 Å². The van der Waals surface area contributed by atoms with Crippen LogP contribution in [-0.2, 0) is 9.47 Å². The molecule has 0 spiro atoms. The standard InChI is InChI=1S/C11H11NO3/c1-13-10-3-2-8(7-12)6-9(10)11-14-4-5-15-11/h2-3,6,11H,4-5H2,1H3. The van der Waals surface area contributed by atoms with Gasteiger partial charge in [-0.2, -0.15) is 5.26 Å². The highest BCUT2D eigenvalue weighted by Gasteiger charge is 2.22. The van der Waals surface area contributed by atoms with Crippen LogP contribution < -0.4 is 4.74 Å². The van der Waals surface area contributed by atoms with Crippen molar-refractivity contribution in [1.82, 2.24) is 0 Å². The first-order valence-electron chi connectivity index (χ1n) is 4.66. The topological polar surface area (TPSA) is 51.5 Å². The van der Waals surface area contributed by atoms with Crippen LogP contribution in [0.3, 0.4) is 0 Å². The molecule has 1 heterocycles. The van der Waals surface area contributed by atoms with Crippen molar-refractivity contribution in [2.75, 3.05) is 20.3 Å². The molecule has 0 atom stereocenters. The van der Waals surface area contributed by atoms with Crippen LogP contribution in [0.2, 0.25) is 0 Å². The molecule has 1 aliphatic rings. The first kappa shape index (κ1) is 9.97. The molecule has 1 aromatic carbocycles. The molecular weight excluding hydrogens is 194 g/mol. The molecule has 0 N–H and O–H groups in total. The van der Waals surface area contributed by atoms with Gasteiger partial charge >= 0.3 is 0 Å². The predicted octanol–water partition coefficient (Wildman–Crippen LogP) is 1.61. The van der Waals surface area contributed by atoms with Gasteiger partial charge in [0.25, 0.3) is 0 Å². The van der Waals surface area contributed by atoms with E-state index in [0.717, 1.165) is 5.56 Å². The second-order valence-electron chi connectivity index (χ2n) is 3.14.